The van der Waals surface area contributed by atoms with E-state index in [1.807, 2.05) is 12.1 Å². The van der Waals surface area contributed by atoms with Gasteiger partial charge in [-0.15, -0.1) is 0 Å². The van der Waals surface area contributed by atoms with Crippen LogP contribution in [-0.4, -0.2) is 62.3 Å². The van der Waals surface area contributed by atoms with Crippen LogP contribution in [0.15, 0.2) is 29.2 Å². The highest BCUT2D eigenvalue weighted by atomic mass is 32.2. The summed E-state index contributed by atoms with van der Waals surface area (Å²) in [7, 11) is -3.37. The minimum Gasteiger partial charge on any atom is -0.355 e. The highest BCUT2D eigenvalue weighted by Crippen LogP contribution is 2.21. The quantitative estimate of drug-likeness (QED) is 0.660. The monoisotopic (exact) mass is 395 g/mol. The van der Waals surface area contributed by atoms with Crippen LogP contribution in [0.25, 0.3) is 0 Å². The van der Waals surface area contributed by atoms with Crippen molar-refractivity contribution in [2.24, 2.45) is 0 Å². The molecule has 6 nitrogen and oxygen atoms in total. The molecule has 1 aromatic rings. The third-order valence-corrected chi connectivity index (χ3v) is 7.21. The zero-order valence-electron chi connectivity index (χ0n) is 16.8. The Bertz CT molecular complexity index is 694. The second-order valence-corrected chi connectivity index (χ2v) is 9.07. The van der Waals surface area contributed by atoms with Crippen molar-refractivity contribution in [2.75, 3.05) is 32.7 Å². The Hall–Kier alpha value is -1.44. The molecule has 2 rings (SSSR count). The first-order valence-corrected chi connectivity index (χ1v) is 11.4. The summed E-state index contributed by atoms with van der Waals surface area (Å²) in [6.07, 6.45) is 2.87. The molecule has 1 heterocycles. The minimum atomic E-state index is -3.37. The lowest BCUT2D eigenvalue weighted by molar-refractivity contribution is -0.121. The van der Waals surface area contributed by atoms with Gasteiger partial charge >= 0.3 is 0 Å². The summed E-state index contributed by atoms with van der Waals surface area (Å²) in [5.41, 5.74) is 0.974. The Morgan fingerprint density at radius 1 is 1.15 bits per heavy atom. The standard InChI is InChI=1S/C20H33N3O3S/c1-4-22(5-2)17(3)16-21-20(24)13-10-18-8-11-19(12-9-18)27(25,26)23-14-6-7-15-23/h8-9,11-12,17H,4-7,10,13-16H2,1-3H3,(H,21,24). The smallest absolute Gasteiger partial charge is 0.243 e. The van der Waals surface area contributed by atoms with Crippen LogP contribution < -0.4 is 5.32 Å². The van der Waals surface area contributed by atoms with Crippen molar-refractivity contribution in [1.29, 1.82) is 0 Å². The second-order valence-electron chi connectivity index (χ2n) is 7.13. The fraction of sp³-hybridized carbons (Fsp3) is 0.650. The predicted octanol–water partition coefficient (Wildman–Crippen LogP) is 2.25. The van der Waals surface area contributed by atoms with E-state index < -0.39 is 10.0 Å². The zero-order chi connectivity index (χ0) is 19.9. The molecule has 0 bridgehead atoms. The molecule has 0 aromatic heterocycles. The summed E-state index contributed by atoms with van der Waals surface area (Å²) < 4.78 is 26.6. The first kappa shape index (κ1) is 21.9. The van der Waals surface area contributed by atoms with Gasteiger partial charge in [0.2, 0.25) is 15.9 Å². The molecule has 1 unspecified atom stereocenters. The molecule has 0 saturated carbocycles. The number of aryl methyl sites for hydroxylation is 1. The first-order valence-electron chi connectivity index (χ1n) is 9.98. The summed E-state index contributed by atoms with van der Waals surface area (Å²) in [5, 5.41) is 2.99. The molecule has 1 amide bonds. The lowest BCUT2D eigenvalue weighted by Crippen LogP contribution is -2.42. The predicted molar refractivity (Wildman–Crippen MR) is 108 cm³/mol. The van der Waals surface area contributed by atoms with Crippen molar-refractivity contribution in [3.63, 3.8) is 0 Å². The molecule has 1 aromatic carbocycles. The normalized spacial score (nSPS) is 16.6. The Morgan fingerprint density at radius 2 is 1.74 bits per heavy atom. The second kappa shape index (κ2) is 10.2. The molecule has 0 spiro atoms. The average molecular weight is 396 g/mol. The van der Waals surface area contributed by atoms with Crippen LogP contribution in [-0.2, 0) is 21.2 Å². The number of nitrogens with one attached hydrogen (secondary N) is 1. The minimum absolute atomic E-state index is 0.0303. The molecule has 1 saturated heterocycles. The van der Waals surface area contributed by atoms with Crippen LogP contribution in [0, 0.1) is 0 Å². The molecular weight excluding hydrogens is 362 g/mol. The van der Waals surface area contributed by atoms with Crippen LogP contribution in [0.2, 0.25) is 0 Å². The number of amides is 1. The van der Waals surface area contributed by atoms with E-state index >= 15 is 0 Å². The van der Waals surface area contributed by atoms with Crippen molar-refractivity contribution in [3.05, 3.63) is 29.8 Å². The van der Waals surface area contributed by atoms with E-state index in [0.717, 1.165) is 31.5 Å². The third kappa shape index (κ3) is 6.02. The Balaban J connectivity index is 1.82. The highest BCUT2D eigenvalue weighted by molar-refractivity contribution is 7.89. The maximum atomic E-state index is 12.5. The van der Waals surface area contributed by atoms with Crippen molar-refractivity contribution < 1.29 is 13.2 Å². The number of sulfonamides is 1. The molecule has 0 radical (unpaired) electrons. The van der Waals surface area contributed by atoms with Gasteiger partial charge in [0, 0.05) is 32.1 Å². The summed E-state index contributed by atoms with van der Waals surface area (Å²) in [6, 6.07) is 7.26. The first-order chi connectivity index (χ1) is 12.9. The van der Waals surface area contributed by atoms with Gasteiger partial charge in [-0.3, -0.25) is 9.69 Å². The SMILES string of the molecule is CCN(CC)C(C)CNC(=O)CCc1ccc(S(=O)(=O)N2CCCC2)cc1. The van der Waals surface area contributed by atoms with Crippen molar-refractivity contribution in [2.45, 2.75) is 57.4 Å². The van der Waals surface area contributed by atoms with E-state index in [0.29, 0.717) is 43.4 Å². The number of nitrogens with zero attached hydrogens (tertiary/aromatic N) is 2. The van der Waals surface area contributed by atoms with E-state index in [4.69, 9.17) is 0 Å². The van der Waals surface area contributed by atoms with Crippen molar-refractivity contribution in [3.8, 4) is 0 Å². The Kier molecular flexibility index (Phi) is 8.26. The summed E-state index contributed by atoms with van der Waals surface area (Å²) >= 11 is 0. The lowest BCUT2D eigenvalue weighted by atomic mass is 10.1. The Labute approximate surface area is 164 Å². The number of hydrogen-bond donors (Lipinski definition) is 1. The average Bonchev–Trinajstić information content (AvgIpc) is 3.21. The van der Waals surface area contributed by atoms with Gasteiger partial charge in [0.15, 0.2) is 0 Å². The van der Waals surface area contributed by atoms with Gasteiger partial charge in [0.25, 0.3) is 0 Å². The van der Waals surface area contributed by atoms with Crippen LogP contribution >= 0.6 is 0 Å². The fourth-order valence-electron chi connectivity index (χ4n) is 3.49. The van der Waals surface area contributed by atoms with Crippen LogP contribution in [0.5, 0.6) is 0 Å². The maximum absolute atomic E-state index is 12.5. The molecule has 1 fully saturated rings. The van der Waals surface area contributed by atoms with Crippen LogP contribution in [0.1, 0.15) is 45.6 Å². The van der Waals surface area contributed by atoms with Crippen molar-refractivity contribution >= 4 is 15.9 Å². The van der Waals surface area contributed by atoms with Gasteiger partial charge in [-0.2, -0.15) is 4.31 Å². The number of benzene rings is 1. The van der Waals surface area contributed by atoms with Crippen molar-refractivity contribution in [1.82, 2.24) is 14.5 Å². The number of carbonyl (C=O) groups is 1. The number of carbonyl (C=O) groups excluding carboxylic acids is 1. The number of likely N-dealkylation sites (N-methyl/N-ethyl adjacent to an activating group) is 1. The summed E-state index contributed by atoms with van der Waals surface area (Å²) in [4.78, 5) is 14.7. The van der Waals surface area contributed by atoms with Gasteiger partial charge in [0.1, 0.15) is 0 Å². The number of hydrogen-bond acceptors (Lipinski definition) is 4. The molecule has 1 aliphatic heterocycles. The molecule has 1 atom stereocenters. The largest absolute Gasteiger partial charge is 0.355 e. The molecule has 0 aliphatic carbocycles. The lowest BCUT2D eigenvalue weighted by Gasteiger charge is -2.26. The molecule has 152 valence electrons. The van der Waals surface area contributed by atoms with Gasteiger partial charge in [0.05, 0.1) is 4.90 Å². The van der Waals surface area contributed by atoms with Crippen LogP contribution in [0.3, 0.4) is 0 Å². The molecule has 7 heteroatoms. The highest BCUT2D eigenvalue weighted by Gasteiger charge is 2.26. The molecule has 1 aliphatic rings. The van der Waals surface area contributed by atoms with Gasteiger partial charge < -0.3 is 5.32 Å². The maximum Gasteiger partial charge on any atom is 0.243 e. The third-order valence-electron chi connectivity index (χ3n) is 5.30. The van der Waals surface area contributed by atoms with E-state index in [9.17, 15) is 13.2 Å². The topological polar surface area (TPSA) is 69.7 Å². The molecule has 1 N–H and O–H groups in total. The molecule has 27 heavy (non-hydrogen) atoms. The van der Waals surface area contributed by atoms with Gasteiger partial charge in [-0.05, 0) is 57.0 Å². The summed E-state index contributed by atoms with van der Waals surface area (Å²) in [5.74, 6) is 0.0303. The molecular formula is C20H33N3O3S. The van der Waals surface area contributed by atoms with Crippen LogP contribution in [0.4, 0.5) is 0 Å². The van der Waals surface area contributed by atoms with E-state index in [1.165, 1.54) is 0 Å². The summed E-state index contributed by atoms with van der Waals surface area (Å²) in [6.45, 7) is 10.2. The fourth-order valence-corrected chi connectivity index (χ4v) is 5.01. The van der Waals surface area contributed by atoms with E-state index in [-0.39, 0.29) is 5.91 Å². The zero-order valence-corrected chi connectivity index (χ0v) is 17.6. The number of rotatable bonds is 10. The van der Waals surface area contributed by atoms with Gasteiger partial charge in [-0.1, -0.05) is 26.0 Å². The Morgan fingerprint density at radius 3 is 2.30 bits per heavy atom. The van der Waals surface area contributed by atoms with Gasteiger partial charge in [-0.25, -0.2) is 8.42 Å². The van der Waals surface area contributed by atoms with E-state index in [1.54, 1.807) is 16.4 Å². The van der Waals surface area contributed by atoms with E-state index in [2.05, 4.69) is 31.0 Å².